The van der Waals surface area contributed by atoms with Crippen LogP contribution >= 0.6 is 11.8 Å². The fourth-order valence-electron chi connectivity index (χ4n) is 3.75. The molecule has 0 spiro atoms. The van der Waals surface area contributed by atoms with Crippen molar-refractivity contribution in [2.75, 3.05) is 29.5 Å². The minimum absolute atomic E-state index is 0.0384. The number of thioether (sulfide) groups is 1. The third-order valence-corrected chi connectivity index (χ3v) is 6.73. The van der Waals surface area contributed by atoms with Gasteiger partial charge in [-0.15, -0.1) is 11.8 Å². The Labute approximate surface area is 179 Å². The van der Waals surface area contributed by atoms with Crippen molar-refractivity contribution in [1.29, 1.82) is 0 Å². The monoisotopic (exact) mass is 425 g/mol. The molecular weight excluding hydrogens is 402 g/mol. The second-order valence-corrected chi connectivity index (χ2v) is 8.49. The van der Waals surface area contributed by atoms with Gasteiger partial charge in [0.1, 0.15) is 5.75 Å². The molecule has 2 N–H and O–H groups in total. The number of carbonyl (C=O) groups excluding carboxylic acids is 3. The maximum Gasteiger partial charge on any atom is 0.260 e. The van der Waals surface area contributed by atoms with E-state index in [2.05, 4.69) is 10.6 Å². The van der Waals surface area contributed by atoms with Gasteiger partial charge in [0, 0.05) is 35.7 Å². The molecule has 2 aromatic rings. The number of ether oxygens (including phenoxy) is 1. The van der Waals surface area contributed by atoms with Gasteiger partial charge in [0.05, 0.1) is 6.61 Å². The Morgan fingerprint density at radius 3 is 2.43 bits per heavy atom. The van der Waals surface area contributed by atoms with E-state index in [1.165, 1.54) is 11.8 Å². The maximum absolute atomic E-state index is 12.9. The van der Waals surface area contributed by atoms with Gasteiger partial charge in [0.25, 0.3) is 11.8 Å². The van der Waals surface area contributed by atoms with Crippen LogP contribution in [0.15, 0.2) is 48.5 Å². The van der Waals surface area contributed by atoms with Gasteiger partial charge in [-0.1, -0.05) is 0 Å². The summed E-state index contributed by atoms with van der Waals surface area (Å²) in [5.41, 5.74) is 1.75. The Hall–Kier alpha value is -3.00. The normalized spacial score (nSPS) is 20.0. The molecule has 3 amide bonds. The summed E-state index contributed by atoms with van der Waals surface area (Å²) < 4.78 is 5.39. The molecule has 30 heavy (non-hydrogen) atoms. The first-order valence-electron chi connectivity index (χ1n) is 9.92. The SMILES string of the molecule is CCOc1ccc(NC(=O)c2ccc(NC(=O)[C@@]34CCC(=O)N3CCS4)cc2)cc1. The molecule has 2 aliphatic heterocycles. The number of anilines is 2. The van der Waals surface area contributed by atoms with Crippen molar-refractivity contribution in [3.05, 3.63) is 54.1 Å². The molecule has 0 aromatic heterocycles. The van der Waals surface area contributed by atoms with Crippen LogP contribution in [0.4, 0.5) is 11.4 Å². The largest absolute Gasteiger partial charge is 0.494 e. The first-order chi connectivity index (χ1) is 14.5. The zero-order valence-corrected chi connectivity index (χ0v) is 17.5. The van der Waals surface area contributed by atoms with Crippen molar-refractivity contribution in [1.82, 2.24) is 4.90 Å². The van der Waals surface area contributed by atoms with Gasteiger partial charge in [0.15, 0.2) is 4.87 Å². The Morgan fingerprint density at radius 1 is 1.07 bits per heavy atom. The molecular formula is C22H23N3O4S. The molecule has 0 unspecified atom stereocenters. The summed E-state index contributed by atoms with van der Waals surface area (Å²) in [4.78, 5) is 38.3. The molecule has 8 heteroatoms. The lowest BCUT2D eigenvalue weighted by atomic mass is 10.1. The number of nitrogens with one attached hydrogen (secondary N) is 2. The summed E-state index contributed by atoms with van der Waals surface area (Å²) in [7, 11) is 0. The molecule has 2 fully saturated rings. The van der Waals surface area contributed by atoms with Crippen molar-refractivity contribution < 1.29 is 19.1 Å². The van der Waals surface area contributed by atoms with Crippen LogP contribution in [0.25, 0.3) is 0 Å². The van der Waals surface area contributed by atoms with Crippen LogP contribution in [0, 0.1) is 0 Å². The van der Waals surface area contributed by atoms with Crippen molar-refractivity contribution in [3.63, 3.8) is 0 Å². The van der Waals surface area contributed by atoms with Crippen LogP contribution in [-0.4, -0.2) is 46.4 Å². The van der Waals surface area contributed by atoms with Gasteiger partial charge in [-0.25, -0.2) is 0 Å². The average Bonchev–Trinajstić information content (AvgIpc) is 3.32. The van der Waals surface area contributed by atoms with Crippen LogP contribution in [0.2, 0.25) is 0 Å². The first kappa shape index (κ1) is 20.3. The van der Waals surface area contributed by atoms with Crippen molar-refractivity contribution in [2.45, 2.75) is 24.6 Å². The van der Waals surface area contributed by atoms with Crippen molar-refractivity contribution in [3.8, 4) is 5.75 Å². The fourth-order valence-corrected chi connectivity index (χ4v) is 5.14. The highest BCUT2D eigenvalue weighted by atomic mass is 32.2. The molecule has 2 saturated heterocycles. The van der Waals surface area contributed by atoms with Crippen LogP contribution in [0.5, 0.6) is 5.75 Å². The summed E-state index contributed by atoms with van der Waals surface area (Å²) in [6, 6.07) is 13.9. The molecule has 1 atom stereocenters. The molecule has 156 valence electrons. The number of benzene rings is 2. The van der Waals surface area contributed by atoms with E-state index in [0.717, 1.165) is 11.5 Å². The number of hydrogen-bond acceptors (Lipinski definition) is 5. The van der Waals surface area contributed by atoms with Gasteiger partial charge in [-0.2, -0.15) is 0 Å². The Kier molecular flexibility index (Phi) is 5.67. The number of rotatable bonds is 6. The van der Waals surface area contributed by atoms with E-state index in [-0.39, 0.29) is 17.7 Å². The van der Waals surface area contributed by atoms with Crippen LogP contribution in [-0.2, 0) is 9.59 Å². The van der Waals surface area contributed by atoms with Crippen LogP contribution in [0.1, 0.15) is 30.1 Å². The summed E-state index contributed by atoms with van der Waals surface area (Å²) in [5, 5.41) is 5.74. The molecule has 2 heterocycles. The highest BCUT2D eigenvalue weighted by molar-refractivity contribution is 8.01. The zero-order chi connectivity index (χ0) is 21.1. The van der Waals surface area contributed by atoms with E-state index in [4.69, 9.17) is 4.74 Å². The first-order valence-corrected chi connectivity index (χ1v) is 10.9. The van der Waals surface area contributed by atoms with Crippen LogP contribution < -0.4 is 15.4 Å². The molecule has 0 bridgehead atoms. The third kappa shape index (κ3) is 3.87. The maximum atomic E-state index is 12.9. The number of nitrogens with zero attached hydrogens (tertiary/aromatic N) is 1. The minimum atomic E-state index is -0.791. The Bertz CT molecular complexity index is 961. The zero-order valence-electron chi connectivity index (χ0n) is 16.6. The number of carbonyl (C=O) groups is 3. The Balaban J connectivity index is 1.38. The molecule has 0 radical (unpaired) electrons. The fraction of sp³-hybridized carbons (Fsp3) is 0.318. The lowest BCUT2D eigenvalue weighted by molar-refractivity contribution is -0.133. The van der Waals surface area contributed by atoms with Gasteiger partial charge in [-0.3, -0.25) is 14.4 Å². The standard InChI is InChI=1S/C22H23N3O4S/c1-2-29-18-9-7-16(8-10-18)23-20(27)15-3-5-17(6-4-15)24-21(28)22-12-11-19(26)25(22)13-14-30-22/h3-10H,2,11-14H2,1H3,(H,23,27)(H,24,28)/t22-/m0/s1. The van der Waals surface area contributed by atoms with Crippen molar-refractivity contribution in [2.24, 2.45) is 0 Å². The van der Waals surface area contributed by atoms with E-state index in [0.29, 0.717) is 42.9 Å². The lowest BCUT2D eigenvalue weighted by Gasteiger charge is -2.29. The quantitative estimate of drug-likeness (QED) is 0.741. The average molecular weight is 426 g/mol. The van der Waals surface area contributed by atoms with Gasteiger partial charge in [0.2, 0.25) is 5.91 Å². The molecule has 0 aliphatic carbocycles. The molecule has 7 nitrogen and oxygen atoms in total. The summed E-state index contributed by atoms with van der Waals surface area (Å²) in [6.45, 7) is 3.11. The second kappa shape index (κ2) is 8.39. The van der Waals surface area contributed by atoms with E-state index in [1.807, 2.05) is 6.92 Å². The smallest absolute Gasteiger partial charge is 0.260 e. The Morgan fingerprint density at radius 2 is 1.73 bits per heavy atom. The van der Waals surface area contributed by atoms with Gasteiger partial charge in [-0.05, 0) is 61.9 Å². The minimum Gasteiger partial charge on any atom is -0.494 e. The topological polar surface area (TPSA) is 87.7 Å². The van der Waals surface area contributed by atoms with E-state index in [9.17, 15) is 14.4 Å². The molecule has 2 aromatic carbocycles. The second-order valence-electron chi connectivity index (χ2n) is 7.12. The van der Waals surface area contributed by atoms with E-state index in [1.54, 1.807) is 53.4 Å². The summed E-state index contributed by atoms with van der Waals surface area (Å²) in [6.07, 6.45) is 0.940. The van der Waals surface area contributed by atoms with Crippen LogP contribution in [0.3, 0.4) is 0 Å². The number of hydrogen-bond donors (Lipinski definition) is 2. The predicted octanol–water partition coefficient (Wildman–Crippen LogP) is 3.34. The predicted molar refractivity (Wildman–Crippen MR) is 117 cm³/mol. The third-order valence-electron chi connectivity index (χ3n) is 5.25. The van der Waals surface area contributed by atoms with E-state index < -0.39 is 4.87 Å². The summed E-state index contributed by atoms with van der Waals surface area (Å²) >= 11 is 1.52. The lowest BCUT2D eigenvalue weighted by Crippen LogP contribution is -2.48. The van der Waals surface area contributed by atoms with Crippen molar-refractivity contribution >= 4 is 40.9 Å². The highest BCUT2D eigenvalue weighted by Gasteiger charge is 2.54. The highest BCUT2D eigenvalue weighted by Crippen LogP contribution is 2.45. The van der Waals surface area contributed by atoms with Gasteiger partial charge >= 0.3 is 0 Å². The molecule has 2 aliphatic rings. The molecule has 0 saturated carbocycles. The number of fused-ring (bicyclic) bond motifs is 1. The van der Waals surface area contributed by atoms with Gasteiger partial charge < -0.3 is 20.3 Å². The number of amides is 3. The van der Waals surface area contributed by atoms with E-state index >= 15 is 0 Å². The summed E-state index contributed by atoms with van der Waals surface area (Å²) in [5.74, 6) is 1.13. The molecule has 4 rings (SSSR count).